The Labute approximate surface area is 173 Å². The molecule has 0 atom stereocenters. The molecule has 1 aromatic carbocycles. The molecule has 27 heavy (non-hydrogen) atoms. The second-order valence-corrected chi connectivity index (χ2v) is 8.81. The van der Waals surface area contributed by atoms with Gasteiger partial charge in [0.05, 0.1) is 32.7 Å². The summed E-state index contributed by atoms with van der Waals surface area (Å²) in [6.45, 7) is 7.87. The second kappa shape index (κ2) is 10.8. The van der Waals surface area contributed by atoms with E-state index in [-0.39, 0.29) is 0 Å². The van der Waals surface area contributed by atoms with E-state index in [1.807, 2.05) is 11.3 Å². The van der Waals surface area contributed by atoms with E-state index in [2.05, 4.69) is 58.9 Å². The SMILES string of the molecule is CCc1ccc(NC(=S)N(CC[NH+]2CCCCCC2)Cc2cccs2)cc1. The number of nitrogens with one attached hydrogen (secondary N) is 2. The number of aryl methyl sites for hydroxylation is 1. The summed E-state index contributed by atoms with van der Waals surface area (Å²) in [6.07, 6.45) is 6.60. The first-order valence-corrected chi connectivity index (χ1v) is 11.5. The molecule has 3 rings (SSSR count). The maximum Gasteiger partial charge on any atom is 0.173 e. The molecular weight excluding hydrogens is 370 g/mol. The quantitative estimate of drug-likeness (QED) is 0.684. The van der Waals surface area contributed by atoms with Gasteiger partial charge in [-0.05, 0) is 73.5 Å². The lowest BCUT2D eigenvalue weighted by molar-refractivity contribution is -0.898. The zero-order chi connectivity index (χ0) is 18.9. The first kappa shape index (κ1) is 20.3. The Morgan fingerprint density at radius 1 is 1.11 bits per heavy atom. The van der Waals surface area contributed by atoms with Crippen molar-refractivity contribution in [1.29, 1.82) is 0 Å². The van der Waals surface area contributed by atoms with Crippen LogP contribution in [-0.4, -0.2) is 36.2 Å². The molecule has 1 aliphatic rings. The lowest BCUT2D eigenvalue weighted by Crippen LogP contribution is -3.12. The lowest BCUT2D eigenvalue weighted by Gasteiger charge is -2.27. The van der Waals surface area contributed by atoms with Crippen LogP contribution < -0.4 is 10.2 Å². The van der Waals surface area contributed by atoms with Crippen molar-refractivity contribution in [1.82, 2.24) is 4.90 Å². The fraction of sp³-hybridized carbons (Fsp3) is 0.500. The van der Waals surface area contributed by atoms with E-state index in [0.29, 0.717) is 0 Å². The van der Waals surface area contributed by atoms with Crippen LogP contribution in [-0.2, 0) is 13.0 Å². The predicted octanol–water partition coefficient (Wildman–Crippen LogP) is 3.97. The van der Waals surface area contributed by atoms with Crippen molar-refractivity contribution >= 4 is 34.4 Å². The average Bonchev–Trinajstić information content (AvgIpc) is 3.07. The summed E-state index contributed by atoms with van der Waals surface area (Å²) in [5.41, 5.74) is 2.43. The molecule has 0 spiro atoms. The Bertz CT molecular complexity index is 674. The van der Waals surface area contributed by atoms with E-state index in [1.165, 1.54) is 55.8 Å². The Morgan fingerprint density at radius 3 is 2.48 bits per heavy atom. The summed E-state index contributed by atoms with van der Waals surface area (Å²) < 4.78 is 0. The van der Waals surface area contributed by atoms with Crippen molar-refractivity contribution in [3.63, 3.8) is 0 Å². The monoisotopic (exact) mass is 402 g/mol. The number of anilines is 1. The number of hydrogen-bond acceptors (Lipinski definition) is 2. The van der Waals surface area contributed by atoms with Gasteiger partial charge in [-0.3, -0.25) is 0 Å². The van der Waals surface area contributed by atoms with Gasteiger partial charge in [0.15, 0.2) is 5.11 Å². The van der Waals surface area contributed by atoms with Gasteiger partial charge in [0.2, 0.25) is 0 Å². The molecule has 1 fully saturated rings. The minimum absolute atomic E-state index is 0.835. The predicted molar refractivity (Wildman–Crippen MR) is 121 cm³/mol. The number of nitrogens with zero attached hydrogens (tertiary/aromatic N) is 1. The topological polar surface area (TPSA) is 19.7 Å². The molecule has 1 saturated heterocycles. The number of thiophene rings is 1. The highest BCUT2D eigenvalue weighted by Crippen LogP contribution is 2.15. The zero-order valence-corrected chi connectivity index (χ0v) is 18.0. The van der Waals surface area contributed by atoms with Crippen molar-refractivity contribution in [3.8, 4) is 0 Å². The zero-order valence-electron chi connectivity index (χ0n) is 16.4. The number of thiocarbonyl (C=S) groups is 1. The molecule has 0 radical (unpaired) electrons. The third-order valence-corrected chi connectivity index (χ3v) is 6.59. The lowest BCUT2D eigenvalue weighted by atomic mass is 10.1. The van der Waals surface area contributed by atoms with Crippen LogP contribution in [0.2, 0.25) is 0 Å². The highest BCUT2D eigenvalue weighted by molar-refractivity contribution is 7.80. The molecule has 2 heterocycles. The van der Waals surface area contributed by atoms with Crippen molar-refractivity contribution < 1.29 is 4.90 Å². The second-order valence-electron chi connectivity index (χ2n) is 7.40. The largest absolute Gasteiger partial charge is 0.338 e. The summed E-state index contributed by atoms with van der Waals surface area (Å²) in [6, 6.07) is 12.9. The maximum absolute atomic E-state index is 5.80. The van der Waals surface area contributed by atoms with Crippen LogP contribution >= 0.6 is 23.6 Å². The summed E-state index contributed by atoms with van der Waals surface area (Å²) in [5.74, 6) is 0. The smallest absolute Gasteiger partial charge is 0.173 e. The van der Waals surface area contributed by atoms with Crippen molar-refractivity contribution in [2.24, 2.45) is 0 Å². The molecule has 2 aromatic rings. The molecule has 1 aromatic heterocycles. The normalized spacial score (nSPS) is 15.3. The van der Waals surface area contributed by atoms with Crippen LogP contribution in [0, 0.1) is 0 Å². The van der Waals surface area contributed by atoms with E-state index in [4.69, 9.17) is 12.2 Å². The molecule has 1 aliphatic heterocycles. The Kier molecular flexibility index (Phi) is 8.11. The van der Waals surface area contributed by atoms with Crippen molar-refractivity contribution in [2.45, 2.75) is 45.6 Å². The number of hydrogen-bond donors (Lipinski definition) is 2. The molecule has 5 heteroatoms. The van der Waals surface area contributed by atoms with Crippen LogP contribution in [0.15, 0.2) is 41.8 Å². The van der Waals surface area contributed by atoms with Gasteiger partial charge in [-0.15, -0.1) is 11.3 Å². The summed E-state index contributed by atoms with van der Waals surface area (Å²) in [4.78, 5) is 5.44. The molecule has 146 valence electrons. The molecule has 0 unspecified atom stereocenters. The first-order valence-electron chi connectivity index (χ1n) is 10.3. The highest BCUT2D eigenvalue weighted by Gasteiger charge is 2.17. The summed E-state index contributed by atoms with van der Waals surface area (Å²) >= 11 is 7.60. The first-order chi connectivity index (χ1) is 13.2. The van der Waals surface area contributed by atoms with Crippen molar-refractivity contribution in [3.05, 3.63) is 52.2 Å². The molecule has 0 amide bonds. The third-order valence-electron chi connectivity index (χ3n) is 5.37. The van der Waals surface area contributed by atoms with Gasteiger partial charge in [0.25, 0.3) is 0 Å². The maximum atomic E-state index is 5.80. The number of likely N-dealkylation sites (tertiary alicyclic amines) is 1. The van der Waals surface area contributed by atoms with Crippen LogP contribution in [0.5, 0.6) is 0 Å². The van der Waals surface area contributed by atoms with Gasteiger partial charge in [-0.25, -0.2) is 0 Å². The van der Waals surface area contributed by atoms with E-state index in [9.17, 15) is 0 Å². The van der Waals surface area contributed by atoms with Crippen LogP contribution in [0.25, 0.3) is 0 Å². The molecular formula is C22H32N3S2+. The van der Waals surface area contributed by atoms with Gasteiger partial charge in [0.1, 0.15) is 0 Å². The Morgan fingerprint density at radius 2 is 1.85 bits per heavy atom. The molecule has 0 bridgehead atoms. The van der Waals surface area contributed by atoms with Gasteiger partial charge >= 0.3 is 0 Å². The number of benzene rings is 1. The number of quaternary nitrogens is 1. The Hall–Kier alpha value is -1.43. The van der Waals surface area contributed by atoms with E-state index >= 15 is 0 Å². The van der Waals surface area contributed by atoms with Crippen LogP contribution in [0.3, 0.4) is 0 Å². The van der Waals surface area contributed by atoms with E-state index < -0.39 is 0 Å². The molecule has 2 N–H and O–H groups in total. The average molecular weight is 403 g/mol. The fourth-order valence-corrected chi connectivity index (χ4v) is 4.63. The third kappa shape index (κ3) is 6.59. The number of rotatable bonds is 7. The van der Waals surface area contributed by atoms with E-state index in [0.717, 1.165) is 30.3 Å². The highest BCUT2D eigenvalue weighted by atomic mass is 32.1. The molecule has 0 saturated carbocycles. The van der Waals surface area contributed by atoms with Gasteiger partial charge in [-0.1, -0.05) is 25.1 Å². The van der Waals surface area contributed by atoms with Gasteiger partial charge in [-0.2, -0.15) is 0 Å². The van der Waals surface area contributed by atoms with Crippen LogP contribution in [0.1, 0.15) is 43.0 Å². The summed E-state index contributed by atoms with van der Waals surface area (Å²) in [5, 5.41) is 6.44. The molecule has 0 aliphatic carbocycles. The standard InChI is InChI=1S/C22H31N3S2/c1-2-19-9-11-20(12-10-19)23-22(26)25(18-21-8-7-17-27-21)16-15-24-13-5-3-4-6-14-24/h7-12,17H,2-6,13-16,18H2,1H3,(H,23,26)/p+1. The summed E-state index contributed by atoms with van der Waals surface area (Å²) in [7, 11) is 0. The minimum Gasteiger partial charge on any atom is -0.338 e. The minimum atomic E-state index is 0.835. The Balaban J connectivity index is 1.61. The van der Waals surface area contributed by atoms with Gasteiger partial charge in [0, 0.05) is 10.6 Å². The molecule has 3 nitrogen and oxygen atoms in total. The van der Waals surface area contributed by atoms with Gasteiger partial charge < -0.3 is 15.1 Å². The van der Waals surface area contributed by atoms with Crippen molar-refractivity contribution in [2.75, 3.05) is 31.5 Å². The van der Waals surface area contributed by atoms with Crippen LogP contribution in [0.4, 0.5) is 5.69 Å². The van der Waals surface area contributed by atoms with E-state index in [1.54, 1.807) is 4.90 Å². The fourth-order valence-electron chi connectivity index (χ4n) is 3.64.